The molecule has 94 valence electrons. The summed E-state index contributed by atoms with van der Waals surface area (Å²) in [7, 11) is 1.86. The molecule has 0 aliphatic heterocycles. The standard InChI is InChI=1S/C13H20N2O2/c1-10-4-3-5-13(6-10,12(16)17)7-11-8-14-15(2)9-11/h8-10H,3-7H2,1-2H3,(H,16,17). The third kappa shape index (κ3) is 2.51. The van der Waals surface area contributed by atoms with Crippen LogP contribution in [0.1, 0.15) is 38.2 Å². The molecule has 1 heterocycles. The maximum Gasteiger partial charge on any atom is 0.309 e. The van der Waals surface area contributed by atoms with Gasteiger partial charge in [-0.1, -0.05) is 19.8 Å². The fourth-order valence-corrected chi connectivity index (χ4v) is 3.04. The van der Waals surface area contributed by atoms with Gasteiger partial charge in [0.15, 0.2) is 0 Å². The van der Waals surface area contributed by atoms with Crippen molar-refractivity contribution in [2.75, 3.05) is 0 Å². The number of rotatable bonds is 3. The molecule has 1 saturated carbocycles. The molecule has 0 spiro atoms. The molecule has 0 saturated heterocycles. The first kappa shape index (κ1) is 12.1. The lowest BCUT2D eigenvalue weighted by Crippen LogP contribution is -2.37. The zero-order valence-corrected chi connectivity index (χ0v) is 10.5. The van der Waals surface area contributed by atoms with Crippen molar-refractivity contribution in [3.05, 3.63) is 18.0 Å². The van der Waals surface area contributed by atoms with Gasteiger partial charge in [-0.25, -0.2) is 0 Å². The molecule has 1 aromatic rings. The molecule has 4 heteroatoms. The summed E-state index contributed by atoms with van der Waals surface area (Å²) in [5.41, 5.74) is 0.463. The van der Waals surface area contributed by atoms with Crippen LogP contribution in [0.25, 0.3) is 0 Å². The van der Waals surface area contributed by atoms with Crippen LogP contribution in [-0.2, 0) is 18.3 Å². The van der Waals surface area contributed by atoms with E-state index in [-0.39, 0.29) is 0 Å². The Bertz CT molecular complexity index is 413. The molecule has 1 aromatic heterocycles. The molecule has 2 unspecified atom stereocenters. The molecule has 2 atom stereocenters. The number of hydrogen-bond donors (Lipinski definition) is 1. The van der Waals surface area contributed by atoms with Crippen LogP contribution < -0.4 is 0 Å². The second-order valence-electron chi connectivity index (χ2n) is 5.49. The molecule has 0 bridgehead atoms. The monoisotopic (exact) mass is 236 g/mol. The fourth-order valence-electron chi connectivity index (χ4n) is 3.04. The highest BCUT2D eigenvalue weighted by Crippen LogP contribution is 2.42. The summed E-state index contributed by atoms with van der Waals surface area (Å²) in [6.45, 7) is 2.15. The Kier molecular flexibility index (Phi) is 3.22. The summed E-state index contributed by atoms with van der Waals surface area (Å²) in [4.78, 5) is 11.6. The second kappa shape index (κ2) is 4.51. The lowest BCUT2D eigenvalue weighted by Gasteiger charge is -2.36. The summed E-state index contributed by atoms with van der Waals surface area (Å²) in [5, 5.41) is 13.7. The van der Waals surface area contributed by atoms with Gasteiger partial charge in [-0.05, 0) is 30.7 Å². The Labute approximate surface area is 102 Å². The van der Waals surface area contributed by atoms with Gasteiger partial charge in [0, 0.05) is 13.2 Å². The van der Waals surface area contributed by atoms with Crippen LogP contribution in [0.4, 0.5) is 0 Å². The predicted octanol–water partition coefficient (Wildman–Crippen LogP) is 2.24. The van der Waals surface area contributed by atoms with Crippen molar-refractivity contribution in [1.82, 2.24) is 9.78 Å². The highest BCUT2D eigenvalue weighted by Gasteiger charge is 2.42. The van der Waals surface area contributed by atoms with Gasteiger partial charge in [0.2, 0.25) is 0 Å². The van der Waals surface area contributed by atoms with Crippen molar-refractivity contribution >= 4 is 5.97 Å². The van der Waals surface area contributed by atoms with E-state index in [1.807, 2.05) is 13.2 Å². The Morgan fingerprint density at radius 2 is 2.47 bits per heavy atom. The number of hydrogen-bond acceptors (Lipinski definition) is 2. The van der Waals surface area contributed by atoms with Crippen LogP contribution in [0.5, 0.6) is 0 Å². The summed E-state index contributed by atoms with van der Waals surface area (Å²) < 4.78 is 1.73. The molecule has 0 radical (unpaired) electrons. The average molecular weight is 236 g/mol. The van der Waals surface area contributed by atoms with Gasteiger partial charge in [0.05, 0.1) is 11.6 Å². The lowest BCUT2D eigenvalue weighted by molar-refractivity contribution is -0.152. The number of aromatic nitrogens is 2. The van der Waals surface area contributed by atoms with Crippen LogP contribution in [0.2, 0.25) is 0 Å². The van der Waals surface area contributed by atoms with Crippen LogP contribution in [-0.4, -0.2) is 20.9 Å². The van der Waals surface area contributed by atoms with Gasteiger partial charge in [-0.3, -0.25) is 9.48 Å². The van der Waals surface area contributed by atoms with E-state index < -0.39 is 11.4 Å². The minimum absolute atomic E-state index is 0.511. The molecule has 0 aromatic carbocycles. The molecule has 1 aliphatic rings. The van der Waals surface area contributed by atoms with E-state index in [4.69, 9.17) is 0 Å². The smallest absolute Gasteiger partial charge is 0.309 e. The third-order valence-corrected chi connectivity index (χ3v) is 3.85. The van der Waals surface area contributed by atoms with Crippen molar-refractivity contribution in [3.63, 3.8) is 0 Å². The molecule has 0 amide bonds. The van der Waals surface area contributed by atoms with Crippen LogP contribution in [0, 0.1) is 11.3 Å². The number of carboxylic acid groups (broad SMARTS) is 1. The summed E-state index contributed by atoms with van der Waals surface area (Å²) in [6, 6.07) is 0. The summed E-state index contributed by atoms with van der Waals surface area (Å²) >= 11 is 0. The van der Waals surface area contributed by atoms with Crippen molar-refractivity contribution < 1.29 is 9.90 Å². The van der Waals surface area contributed by atoms with E-state index in [0.29, 0.717) is 12.3 Å². The largest absolute Gasteiger partial charge is 0.481 e. The minimum atomic E-state index is -0.645. The number of aliphatic carboxylic acids is 1. The van der Waals surface area contributed by atoms with Gasteiger partial charge in [0.25, 0.3) is 0 Å². The van der Waals surface area contributed by atoms with Crippen molar-refractivity contribution in [2.24, 2.45) is 18.4 Å². The Balaban J connectivity index is 2.19. The highest BCUT2D eigenvalue weighted by molar-refractivity contribution is 5.75. The predicted molar refractivity (Wildman–Crippen MR) is 64.6 cm³/mol. The topological polar surface area (TPSA) is 55.1 Å². The SMILES string of the molecule is CC1CCCC(Cc2cnn(C)c2)(C(=O)O)C1. The minimum Gasteiger partial charge on any atom is -0.481 e. The van der Waals surface area contributed by atoms with Gasteiger partial charge >= 0.3 is 5.97 Å². The Hall–Kier alpha value is -1.32. The maximum atomic E-state index is 11.6. The molecule has 2 rings (SSSR count). The van der Waals surface area contributed by atoms with Gasteiger partial charge < -0.3 is 5.11 Å². The molecule has 1 N–H and O–H groups in total. The van der Waals surface area contributed by atoms with Crippen LogP contribution in [0.15, 0.2) is 12.4 Å². The van der Waals surface area contributed by atoms with E-state index in [0.717, 1.165) is 31.2 Å². The summed E-state index contributed by atoms with van der Waals surface area (Å²) in [6.07, 6.45) is 8.07. The summed E-state index contributed by atoms with van der Waals surface area (Å²) in [5.74, 6) is -0.135. The fraction of sp³-hybridized carbons (Fsp3) is 0.692. The van der Waals surface area contributed by atoms with Gasteiger partial charge in [-0.15, -0.1) is 0 Å². The average Bonchev–Trinajstić information content (AvgIpc) is 2.63. The molecular formula is C13H20N2O2. The normalized spacial score (nSPS) is 29.2. The van der Waals surface area contributed by atoms with Crippen LogP contribution in [0.3, 0.4) is 0 Å². The zero-order valence-electron chi connectivity index (χ0n) is 10.5. The van der Waals surface area contributed by atoms with E-state index in [1.54, 1.807) is 10.9 Å². The lowest BCUT2D eigenvalue weighted by atomic mass is 9.67. The molecule has 17 heavy (non-hydrogen) atoms. The first-order valence-electron chi connectivity index (χ1n) is 6.23. The van der Waals surface area contributed by atoms with Crippen molar-refractivity contribution in [3.8, 4) is 0 Å². The quantitative estimate of drug-likeness (QED) is 0.875. The Morgan fingerprint density at radius 1 is 1.71 bits per heavy atom. The number of nitrogens with zero attached hydrogens (tertiary/aromatic N) is 2. The van der Waals surface area contributed by atoms with Gasteiger partial charge in [-0.2, -0.15) is 5.10 Å². The van der Waals surface area contributed by atoms with Crippen molar-refractivity contribution in [2.45, 2.75) is 39.0 Å². The third-order valence-electron chi connectivity index (χ3n) is 3.85. The molecule has 1 fully saturated rings. The number of carbonyl (C=O) groups is 1. The van der Waals surface area contributed by atoms with Crippen LogP contribution >= 0.6 is 0 Å². The molecule has 1 aliphatic carbocycles. The van der Waals surface area contributed by atoms with E-state index in [1.165, 1.54) is 0 Å². The number of aryl methyl sites for hydroxylation is 1. The maximum absolute atomic E-state index is 11.6. The zero-order chi connectivity index (χ0) is 12.5. The molecule has 4 nitrogen and oxygen atoms in total. The molecular weight excluding hydrogens is 216 g/mol. The first-order chi connectivity index (χ1) is 8.02. The second-order valence-corrected chi connectivity index (χ2v) is 5.49. The first-order valence-corrected chi connectivity index (χ1v) is 6.23. The van der Waals surface area contributed by atoms with E-state index in [2.05, 4.69) is 12.0 Å². The van der Waals surface area contributed by atoms with E-state index >= 15 is 0 Å². The van der Waals surface area contributed by atoms with Gasteiger partial charge in [0.1, 0.15) is 0 Å². The number of carboxylic acids is 1. The van der Waals surface area contributed by atoms with Crippen molar-refractivity contribution in [1.29, 1.82) is 0 Å². The van der Waals surface area contributed by atoms with E-state index in [9.17, 15) is 9.90 Å². The Morgan fingerprint density at radius 3 is 3.00 bits per heavy atom. The highest BCUT2D eigenvalue weighted by atomic mass is 16.4.